The number of rotatable bonds is 2. The van der Waals surface area contributed by atoms with Gasteiger partial charge in [0.25, 0.3) is 0 Å². The van der Waals surface area contributed by atoms with Crippen LogP contribution in [0.5, 0.6) is 0 Å². The van der Waals surface area contributed by atoms with E-state index in [9.17, 15) is 9.18 Å². The van der Waals surface area contributed by atoms with Crippen molar-refractivity contribution in [2.24, 2.45) is 0 Å². The summed E-state index contributed by atoms with van der Waals surface area (Å²) in [6.45, 7) is 0. The summed E-state index contributed by atoms with van der Waals surface area (Å²) in [6.07, 6.45) is 1.77. The Hall–Kier alpha value is -0.550. The highest BCUT2D eigenvalue weighted by atomic mass is 79.9. The van der Waals surface area contributed by atoms with Gasteiger partial charge in [-0.05, 0) is 34.3 Å². The van der Waals surface area contributed by atoms with E-state index in [2.05, 4.69) is 20.7 Å². The van der Waals surface area contributed by atoms with Crippen LogP contribution in [0.2, 0.25) is 0 Å². The first-order valence-corrected chi connectivity index (χ1v) is 5.74. The van der Waals surface area contributed by atoms with Crippen molar-refractivity contribution in [1.29, 1.82) is 0 Å². The van der Waals surface area contributed by atoms with E-state index in [-0.39, 0.29) is 10.0 Å². The van der Waals surface area contributed by atoms with E-state index in [4.69, 9.17) is 0 Å². The Bertz CT molecular complexity index is 368. The number of hydrogen-bond donors (Lipinski definition) is 0. The molecule has 0 fully saturated rings. The average molecular weight is 279 g/mol. The third-order valence-electron chi connectivity index (χ3n) is 1.67. The molecule has 0 heterocycles. The zero-order chi connectivity index (χ0) is 10.7. The lowest BCUT2D eigenvalue weighted by atomic mass is 10.2. The first-order chi connectivity index (χ1) is 6.61. The summed E-state index contributed by atoms with van der Waals surface area (Å²) in [4.78, 5) is 11.8. The van der Waals surface area contributed by atoms with Gasteiger partial charge in [0.05, 0.1) is 11.6 Å². The molecule has 0 saturated carbocycles. The molecule has 5 heteroatoms. The molecule has 0 aromatic heterocycles. The number of carbonyl (C=O) groups is 1. The molecule has 2 nitrogen and oxygen atoms in total. The summed E-state index contributed by atoms with van der Waals surface area (Å²) >= 11 is 4.32. The predicted molar refractivity (Wildman–Crippen MR) is 57.2 cm³/mol. The molecule has 0 aliphatic carbocycles. The summed E-state index contributed by atoms with van der Waals surface area (Å²) in [5, 5.41) is 0. The standard InChI is InChI=1S/C9H8BrFO2S/c1-13-9(12)7-6(14-2)4-3-5(10)8(7)11/h3-4H,1-2H3. The lowest BCUT2D eigenvalue weighted by molar-refractivity contribution is 0.0591. The first kappa shape index (κ1) is 11.5. The van der Waals surface area contributed by atoms with Crippen LogP contribution in [0, 0.1) is 5.82 Å². The van der Waals surface area contributed by atoms with Crippen molar-refractivity contribution in [2.75, 3.05) is 13.4 Å². The number of halogens is 2. The lowest BCUT2D eigenvalue weighted by Crippen LogP contribution is -2.06. The molecule has 0 unspecified atom stereocenters. The largest absolute Gasteiger partial charge is 0.465 e. The monoisotopic (exact) mass is 278 g/mol. The van der Waals surface area contributed by atoms with E-state index in [0.29, 0.717) is 4.90 Å². The Morgan fingerprint density at radius 3 is 2.71 bits per heavy atom. The van der Waals surface area contributed by atoms with Gasteiger partial charge < -0.3 is 4.74 Å². The van der Waals surface area contributed by atoms with Gasteiger partial charge in [0, 0.05) is 4.90 Å². The summed E-state index contributed by atoms with van der Waals surface area (Å²) in [7, 11) is 1.23. The zero-order valence-corrected chi connectivity index (χ0v) is 10.0. The maximum atomic E-state index is 13.5. The quantitative estimate of drug-likeness (QED) is 0.614. The molecule has 0 radical (unpaired) electrons. The van der Waals surface area contributed by atoms with Gasteiger partial charge in [0.2, 0.25) is 0 Å². The van der Waals surface area contributed by atoms with Gasteiger partial charge in [-0.2, -0.15) is 0 Å². The number of benzene rings is 1. The van der Waals surface area contributed by atoms with Crippen LogP contribution >= 0.6 is 27.7 Å². The van der Waals surface area contributed by atoms with Gasteiger partial charge in [-0.1, -0.05) is 0 Å². The average Bonchev–Trinajstić information content (AvgIpc) is 2.20. The van der Waals surface area contributed by atoms with Crippen LogP contribution in [0.1, 0.15) is 10.4 Å². The summed E-state index contributed by atoms with van der Waals surface area (Å²) in [5.41, 5.74) is -0.0191. The lowest BCUT2D eigenvalue weighted by Gasteiger charge is -2.07. The van der Waals surface area contributed by atoms with Crippen LogP contribution in [-0.2, 0) is 4.74 Å². The Morgan fingerprint density at radius 2 is 2.21 bits per heavy atom. The fourth-order valence-corrected chi connectivity index (χ4v) is 1.91. The maximum Gasteiger partial charge on any atom is 0.342 e. The molecule has 0 bridgehead atoms. The Kier molecular flexibility index (Phi) is 3.95. The topological polar surface area (TPSA) is 26.3 Å². The predicted octanol–water partition coefficient (Wildman–Crippen LogP) is 3.10. The fourth-order valence-electron chi connectivity index (χ4n) is 0.995. The van der Waals surface area contributed by atoms with E-state index < -0.39 is 11.8 Å². The van der Waals surface area contributed by atoms with Gasteiger partial charge in [-0.15, -0.1) is 11.8 Å². The van der Waals surface area contributed by atoms with Gasteiger partial charge in [0.15, 0.2) is 5.82 Å². The molecule has 1 aromatic rings. The van der Waals surface area contributed by atoms with Crippen molar-refractivity contribution in [3.05, 3.63) is 28.0 Å². The van der Waals surface area contributed by atoms with Crippen molar-refractivity contribution in [2.45, 2.75) is 4.90 Å². The van der Waals surface area contributed by atoms with E-state index in [1.807, 2.05) is 0 Å². The third-order valence-corrected chi connectivity index (χ3v) is 3.06. The molecule has 76 valence electrons. The van der Waals surface area contributed by atoms with Gasteiger partial charge >= 0.3 is 5.97 Å². The normalized spacial score (nSPS) is 10.0. The van der Waals surface area contributed by atoms with Crippen molar-refractivity contribution < 1.29 is 13.9 Å². The van der Waals surface area contributed by atoms with E-state index >= 15 is 0 Å². The Labute approximate surface area is 94.0 Å². The Balaban J connectivity index is 3.35. The molecule has 0 N–H and O–H groups in total. The smallest absolute Gasteiger partial charge is 0.342 e. The molecular weight excluding hydrogens is 271 g/mol. The third kappa shape index (κ3) is 2.09. The van der Waals surface area contributed by atoms with Crippen LogP contribution in [-0.4, -0.2) is 19.3 Å². The maximum absolute atomic E-state index is 13.5. The first-order valence-electron chi connectivity index (χ1n) is 3.72. The second kappa shape index (κ2) is 4.79. The van der Waals surface area contributed by atoms with Crippen LogP contribution < -0.4 is 0 Å². The molecule has 0 amide bonds. The van der Waals surface area contributed by atoms with Crippen LogP contribution in [0.4, 0.5) is 4.39 Å². The number of carbonyl (C=O) groups excluding carboxylic acids is 1. The van der Waals surface area contributed by atoms with Crippen LogP contribution in [0.25, 0.3) is 0 Å². The second-order valence-corrected chi connectivity index (χ2v) is 4.13. The number of ether oxygens (including phenoxy) is 1. The molecule has 1 rings (SSSR count). The fraction of sp³-hybridized carbons (Fsp3) is 0.222. The molecule has 0 aliphatic rings. The van der Waals surface area contributed by atoms with Crippen molar-refractivity contribution in [1.82, 2.24) is 0 Å². The highest BCUT2D eigenvalue weighted by Crippen LogP contribution is 2.28. The van der Waals surface area contributed by atoms with Gasteiger partial charge in [0.1, 0.15) is 5.56 Å². The molecule has 1 aromatic carbocycles. The number of esters is 1. The molecule has 0 saturated heterocycles. The minimum Gasteiger partial charge on any atom is -0.465 e. The van der Waals surface area contributed by atoms with Crippen LogP contribution in [0.3, 0.4) is 0 Å². The van der Waals surface area contributed by atoms with E-state index in [1.54, 1.807) is 18.4 Å². The summed E-state index contributed by atoms with van der Waals surface area (Å²) in [6, 6.07) is 3.23. The molecular formula is C9H8BrFO2S. The zero-order valence-electron chi connectivity index (χ0n) is 7.64. The number of methoxy groups -OCH3 is 1. The molecule has 14 heavy (non-hydrogen) atoms. The summed E-state index contributed by atoms with van der Waals surface area (Å²) < 4.78 is 18.3. The Morgan fingerprint density at radius 1 is 1.57 bits per heavy atom. The highest BCUT2D eigenvalue weighted by Gasteiger charge is 2.19. The number of hydrogen-bond acceptors (Lipinski definition) is 3. The minimum absolute atomic E-state index is 0.0191. The van der Waals surface area contributed by atoms with Crippen molar-refractivity contribution >= 4 is 33.7 Å². The van der Waals surface area contributed by atoms with Gasteiger partial charge in [-0.3, -0.25) is 0 Å². The molecule has 0 aliphatic heterocycles. The second-order valence-electron chi connectivity index (χ2n) is 2.43. The highest BCUT2D eigenvalue weighted by molar-refractivity contribution is 9.10. The summed E-state index contributed by atoms with van der Waals surface area (Å²) in [5.74, 6) is -1.24. The number of thioether (sulfide) groups is 1. The van der Waals surface area contributed by atoms with Crippen molar-refractivity contribution in [3.8, 4) is 0 Å². The SMILES string of the molecule is COC(=O)c1c(SC)ccc(Br)c1F. The van der Waals surface area contributed by atoms with E-state index in [1.165, 1.54) is 18.9 Å². The van der Waals surface area contributed by atoms with Gasteiger partial charge in [-0.25, -0.2) is 9.18 Å². The van der Waals surface area contributed by atoms with Crippen molar-refractivity contribution in [3.63, 3.8) is 0 Å². The molecule has 0 atom stereocenters. The van der Waals surface area contributed by atoms with E-state index in [0.717, 1.165) is 0 Å². The minimum atomic E-state index is -0.659. The van der Waals surface area contributed by atoms with Crippen LogP contribution in [0.15, 0.2) is 21.5 Å². The molecule has 0 spiro atoms.